The van der Waals surface area contributed by atoms with Gasteiger partial charge in [-0.1, -0.05) is 6.07 Å². The molecule has 0 amide bonds. The maximum atomic E-state index is 11.1. The number of nitrogens with zero attached hydrogens (tertiary/aromatic N) is 3. The van der Waals surface area contributed by atoms with E-state index in [1.807, 2.05) is 0 Å². The van der Waals surface area contributed by atoms with Gasteiger partial charge in [0.1, 0.15) is 11.5 Å². The summed E-state index contributed by atoms with van der Waals surface area (Å²) in [5.74, 6) is -0.335. The van der Waals surface area contributed by atoms with Crippen LogP contribution in [0.1, 0.15) is 22.7 Å². The first kappa shape index (κ1) is 11.5. The van der Waals surface area contributed by atoms with Gasteiger partial charge in [0.25, 0.3) is 0 Å². The van der Waals surface area contributed by atoms with Crippen LogP contribution in [0.4, 0.5) is 0 Å². The van der Waals surface area contributed by atoms with Crippen molar-refractivity contribution in [3.05, 3.63) is 29.7 Å². The number of carboxylic acids is 1. The molecular formula is C11H13N3O3. The average Bonchev–Trinajstić information content (AvgIpc) is 2.73. The van der Waals surface area contributed by atoms with Crippen molar-refractivity contribution in [2.24, 2.45) is 0 Å². The summed E-state index contributed by atoms with van der Waals surface area (Å²) in [7, 11) is 1.63. The Hall–Kier alpha value is -1.95. The molecule has 90 valence electrons. The normalized spacial score (nSPS) is 10.9. The van der Waals surface area contributed by atoms with Crippen LogP contribution in [-0.4, -0.2) is 39.4 Å². The van der Waals surface area contributed by atoms with E-state index in [1.165, 1.54) is 0 Å². The number of hydrogen-bond donors (Lipinski definition) is 1. The zero-order valence-corrected chi connectivity index (χ0v) is 9.46. The van der Waals surface area contributed by atoms with Crippen molar-refractivity contribution in [3.8, 4) is 0 Å². The molecule has 0 aliphatic heterocycles. The van der Waals surface area contributed by atoms with Crippen molar-refractivity contribution in [1.82, 2.24) is 14.6 Å². The molecule has 2 rings (SSSR count). The highest BCUT2D eigenvalue weighted by Gasteiger charge is 2.13. The van der Waals surface area contributed by atoms with E-state index < -0.39 is 5.97 Å². The maximum Gasteiger partial charge on any atom is 0.352 e. The van der Waals surface area contributed by atoms with Crippen LogP contribution in [0.25, 0.3) is 5.65 Å². The molecule has 0 spiro atoms. The molecule has 2 heterocycles. The monoisotopic (exact) mass is 235 g/mol. The Kier molecular flexibility index (Phi) is 3.34. The lowest BCUT2D eigenvalue weighted by molar-refractivity contribution is 0.0688. The standard InChI is InChI=1S/C11H13N3O3/c1-17-7-3-6-10-13-12-9-5-2-4-8(11(15)16)14(9)10/h2,4-5H,3,6-7H2,1H3,(H,15,16). The highest BCUT2D eigenvalue weighted by atomic mass is 16.5. The first-order valence-corrected chi connectivity index (χ1v) is 5.29. The molecule has 0 unspecified atom stereocenters. The lowest BCUT2D eigenvalue weighted by atomic mass is 10.3. The third-order valence-corrected chi connectivity index (χ3v) is 2.46. The second-order valence-corrected chi connectivity index (χ2v) is 3.62. The number of fused-ring (bicyclic) bond motifs is 1. The Morgan fingerprint density at radius 1 is 1.47 bits per heavy atom. The molecule has 2 aromatic rings. The summed E-state index contributed by atoms with van der Waals surface area (Å²) < 4.78 is 6.52. The van der Waals surface area contributed by atoms with Crippen molar-refractivity contribution in [2.45, 2.75) is 12.8 Å². The van der Waals surface area contributed by atoms with Crippen LogP contribution in [0.3, 0.4) is 0 Å². The zero-order valence-electron chi connectivity index (χ0n) is 9.46. The van der Waals surface area contributed by atoms with Crippen molar-refractivity contribution in [1.29, 1.82) is 0 Å². The fraction of sp³-hybridized carbons (Fsp3) is 0.364. The second-order valence-electron chi connectivity index (χ2n) is 3.62. The van der Waals surface area contributed by atoms with Crippen molar-refractivity contribution >= 4 is 11.6 Å². The van der Waals surface area contributed by atoms with Crippen molar-refractivity contribution in [3.63, 3.8) is 0 Å². The van der Waals surface area contributed by atoms with E-state index in [1.54, 1.807) is 29.7 Å². The van der Waals surface area contributed by atoms with Gasteiger partial charge in [0, 0.05) is 20.1 Å². The quantitative estimate of drug-likeness (QED) is 0.782. The minimum absolute atomic E-state index is 0.180. The van der Waals surface area contributed by atoms with Crippen LogP contribution in [-0.2, 0) is 11.2 Å². The summed E-state index contributed by atoms with van der Waals surface area (Å²) in [5.41, 5.74) is 0.734. The van der Waals surface area contributed by atoms with Gasteiger partial charge < -0.3 is 9.84 Å². The van der Waals surface area contributed by atoms with Crippen molar-refractivity contribution < 1.29 is 14.6 Å². The van der Waals surface area contributed by atoms with E-state index in [0.29, 0.717) is 24.5 Å². The molecule has 0 bridgehead atoms. The second kappa shape index (κ2) is 4.92. The third kappa shape index (κ3) is 2.26. The Labute approximate surface area is 97.9 Å². The molecule has 0 radical (unpaired) electrons. The smallest absolute Gasteiger partial charge is 0.352 e. The van der Waals surface area contributed by atoms with Gasteiger partial charge in [-0.3, -0.25) is 4.40 Å². The SMILES string of the molecule is COCCCc1nnc2cccc(C(=O)O)n12. The molecule has 0 saturated heterocycles. The molecule has 17 heavy (non-hydrogen) atoms. The lowest BCUT2D eigenvalue weighted by Gasteiger charge is -2.03. The van der Waals surface area contributed by atoms with Crippen LogP contribution >= 0.6 is 0 Å². The fourth-order valence-electron chi connectivity index (χ4n) is 1.70. The van der Waals surface area contributed by atoms with Crippen LogP contribution < -0.4 is 0 Å². The Balaban J connectivity index is 2.39. The first-order valence-electron chi connectivity index (χ1n) is 5.29. The van der Waals surface area contributed by atoms with Gasteiger partial charge >= 0.3 is 5.97 Å². The van der Waals surface area contributed by atoms with Gasteiger partial charge in [0.2, 0.25) is 0 Å². The predicted octanol–water partition coefficient (Wildman–Crippen LogP) is 1.01. The number of aromatic carboxylic acids is 1. The number of carbonyl (C=O) groups is 1. The van der Waals surface area contributed by atoms with Gasteiger partial charge in [0.15, 0.2) is 5.65 Å². The Morgan fingerprint density at radius 3 is 3.00 bits per heavy atom. The summed E-state index contributed by atoms with van der Waals surface area (Å²) in [5, 5.41) is 17.0. The summed E-state index contributed by atoms with van der Waals surface area (Å²) in [6.07, 6.45) is 1.42. The van der Waals surface area contributed by atoms with E-state index in [9.17, 15) is 4.79 Å². The molecule has 6 nitrogen and oxygen atoms in total. The molecule has 0 aliphatic carbocycles. The first-order chi connectivity index (χ1) is 8.24. The number of aryl methyl sites for hydroxylation is 1. The number of pyridine rings is 1. The molecule has 6 heteroatoms. The summed E-state index contributed by atoms with van der Waals surface area (Å²) in [6, 6.07) is 4.93. The highest BCUT2D eigenvalue weighted by Crippen LogP contribution is 2.10. The van der Waals surface area contributed by atoms with Gasteiger partial charge in [-0.15, -0.1) is 10.2 Å². The van der Waals surface area contributed by atoms with Gasteiger partial charge in [-0.2, -0.15) is 0 Å². The number of aromatic nitrogens is 3. The Bertz CT molecular complexity index is 536. The minimum atomic E-state index is -0.983. The third-order valence-electron chi connectivity index (χ3n) is 2.46. The van der Waals surface area contributed by atoms with Gasteiger partial charge in [-0.25, -0.2) is 4.79 Å². The molecule has 2 aromatic heterocycles. The van der Waals surface area contributed by atoms with E-state index in [0.717, 1.165) is 6.42 Å². The molecule has 0 atom stereocenters. The number of rotatable bonds is 5. The van der Waals surface area contributed by atoms with E-state index >= 15 is 0 Å². The summed E-state index contributed by atoms with van der Waals surface area (Å²) >= 11 is 0. The lowest BCUT2D eigenvalue weighted by Crippen LogP contribution is -2.08. The zero-order chi connectivity index (χ0) is 12.3. The molecule has 0 fully saturated rings. The minimum Gasteiger partial charge on any atom is -0.477 e. The number of carboxylic acid groups (broad SMARTS) is 1. The molecule has 0 aliphatic rings. The molecule has 0 aromatic carbocycles. The van der Waals surface area contributed by atoms with Crippen LogP contribution in [0.5, 0.6) is 0 Å². The number of hydrogen-bond acceptors (Lipinski definition) is 4. The number of ether oxygens (including phenoxy) is 1. The van der Waals surface area contributed by atoms with Crippen LogP contribution in [0.15, 0.2) is 18.2 Å². The van der Waals surface area contributed by atoms with E-state index in [-0.39, 0.29) is 5.69 Å². The molecule has 1 N–H and O–H groups in total. The fourth-order valence-corrected chi connectivity index (χ4v) is 1.70. The van der Waals surface area contributed by atoms with Gasteiger partial charge in [0.05, 0.1) is 0 Å². The number of methoxy groups -OCH3 is 1. The summed E-state index contributed by atoms with van der Waals surface area (Å²) in [6.45, 7) is 0.615. The largest absolute Gasteiger partial charge is 0.477 e. The van der Waals surface area contributed by atoms with E-state index in [2.05, 4.69) is 10.2 Å². The molecular weight excluding hydrogens is 222 g/mol. The van der Waals surface area contributed by atoms with Crippen molar-refractivity contribution in [2.75, 3.05) is 13.7 Å². The van der Waals surface area contributed by atoms with Crippen LogP contribution in [0.2, 0.25) is 0 Å². The summed E-state index contributed by atoms with van der Waals surface area (Å²) in [4.78, 5) is 11.1. The highest BCUT2D eigenvalue weighted by molar-refractivity contribution is 5.86. The van der Waals surface area contributed by atoms with Gasteiger partial charge in [-0.05, 0) is 18.6 Å². The van der Waals surface area contributed by atoms with E-state index in [4.69, 9.17) is 9.84 Å². The average molecular weight is 235 g/mol. The van der Waals surface area contributed by atoms with Crippen LogP contribution in [0, 0.1) is 0 Å². The topological polar surface area (TPSA) is 76.7 Å². The maximum absolute atomic E-state index is 11.1. The predicted molar refractivity (Wildman–Crippen MR) is 60.1 cm³/mol. The molecule has 0 saturated carbocycles. The Morgan fingerprint density at radius 2 is 2.29 bits per heavy atom.